The molecule has 38 heavy (non-hydrogen) atoms. The van der Waals surface area contributed by atoms with Crippen LogP contribution >= 0.6 is 11.3 Å². The normalized spacial score (nSPS) is 11.3. The number of sulfonamides is 1. The fourth-order valence-electron chi connectivity index (χ4n) is 3.72. The van der Waals surface area contributed by atoms with Gasteiger partial charge in [-0.15, -0.1) is 11.3 Å². The molecule has 0 aliphatic carbocycles. The van der Waals surface area contributed by atoms with E-state index in [1.807, 2.05) is 31.2 Å². The number of carbonyl (C=O) groups excluding carboxylic acids is 1. The van der Waals surface area contributed by atoms with Crippen molar-refractivity contribution in [2.24, 2.45) is 0 Å². The summed E-state index contributed by atoms with van der Waals surface area (Å²) in [7, 11) is -4.05. The van der Waals surface area contributed by atoms with E-state index in [9.17, 15) is 23.3 Å². The number of aromatic nitrogens is 1. The number of hydrogen-bond donors (Lipinski definition) is 2. The molecule has 0 radical (unpaired) electrons. The van der Waals surface area contributed by atoms with Crippen LogP contribution in [0.25, 0.3) is 20.8 Å². The SMILES string of the molecule is Cc1ccc2nc(-c3ccc(NC(=O)c4ccc(NS(=O)(=O)c5cccc([N+](=O)[O-])c5)cc4)cc3)sc2c1. The van der Waals surface area contributed by atoms with Crippen molar-refractivity contribution in [2.75, 3.05) is 10.0 Å². The van der Waals surface area contributed by atoms with E-state index in [2.05, 4.69) is 21.1 Å². The molecule has 2 N–H and O–H groups in total. The molecule has 0 atom stereocenters. The number of benzene rings is 4. The standard InChI is InChI=1S/C27H20N4O5S2/c1-17-5-14-24-25(15-17)37-27(29-24)19-8-10-20(11-9-19)28-26(32)18-6-12-21(13-7-18)30-38(35,36)23-4-2-3-22(16-23)31(33)34/h2-16,30H,1H3,(H,28,32). The number of hydrogen-bond acceptors (Lipinski definition) is 7. The number of nitro benzene ring substituents is 1. The Kier molecular flexibility index (Phi) is 6.62. The van der Waals surface area contributed by atoms with Crippen molar-refractivity contribution in [2.45, 2.75) is 11.8 Å². The Bertz CT molecular complexity index is 1780. The molecule has 11 heteroatoms. The minimum absolute atomic E-state index is 0.212. The van der Waals surface area contributed by atoms with Crippen molar-refractivity contribution in [3.63, 3.8) is 0 Å². The summed E-state index contributed by atoms with van der Waals surface area (Å²) in [6.45, 7) is 2.04. The summed E-state index contributed by atoms with van der Waals surface area (Å²) in [4.78, 5) is 27.4. The molecule has 0 fully saturated rings. The first-order chi connectivity index (χ1) is 18.2. The number of nitrogens with zero attached hydrogens (tertiary/aromatic N) is 2. The van der Waals surface area contributed by atoms with E-state index in [0.717, 1.165) is 26.9 Å². The van der Waals surface area contributed by atoms with Gasteiger partial charge in [-0.1, -0.05) is 12.1 Å². The van der Waals surface area contributed by atoms with Gasteiger partial charge in [-0.3, -0.25) is 19.6 Å². The highest BCUT2D eigenvalue weighted by atomic mass is 32.2. The molecular formula is C27H20N4O5S2. The number of aryl methyl sites for hydroxylation is 1. The van der Waals surface area contributed by atoms with Gasteiger partial charge in [0.2, 0.25) is 0 Å². The maximum Gasteiger partial charge on any atom is 0.270 e. The van der Waals surface area contributed by atoms with E-state index in [0.29, 0.717) is 11.3 Å². The molecule has 5 rings (SSSR count). The van der Waals surface area contributed by atoms with Gasteiger partial charge in [0.15, 0.2) is 0 Å². The molecule has 1 aromatic heterocycles. The zero-order valence-corrected chi connectivity index (χ0v) is 21.5. The van der Waals surface area contributed by atoms with Crippen LogP contribution in [0.4, 0.5) is 17.1 Å². The Morgan fingerprint density at radius 1 is 0.921 bits per heavy atom. The summed E-state index contributed by atoms with van der Waals surface area (Å²) in [6, 6.07) is 24.1. The van der Waals surface area contributed by atoms with E-state index >= 15 is 0 Å². The number of amides is 1. The van der Waals surface area contributed by atoms with E-state index in [4.69, 9.17) is 0 Å². The van der Waals surface area contributed by atoms with Gasteiger partial charge in [-0.25, -0.2) is 13.4 Å². The number of anilines is 2. The summed E-state index contributed by atoms with van der Waals surface area (Å²) in [5.74, 6) is -0.360. The number of fused-ring (bicyclic) bond motifs is 1. The van der Waals surface area contributed by atoms with Crippen LogP contribution in [0, 0.1) is 17.0 Å². The van der Waals surface area contributed by atoms with Crippen molar-refractivity contribution in [3.8, 4) is 10.6 Å². The minimum Gasteiger partial charge on any atom is -0.322 e. The van der Waals surface area contributed by atoms with Gasteiger partial charge in [-0.2, -0.15) is 0 Å². The lowest BCUT2D eigenvalue weighted by Crippen LogP contribution is -2.14. The summed E-state index contributed by atoms with van der Waals surface area (Å²) in [5.41, 5.74) is 3.89. The van der Waals surface area contributed by atoms with Crippen LogP contribution in [0.3, 0.4) is 0 Å². The number of nitro groups is 1. The van der Waals surface area contributed by atoms with Gasteiger partial charge >= 0.3 is 0 Å². The molecule has 0 spiro atoms. The Morgan fingerprint density at radius 3 is 2.34 bits per heavy atom. The van der Waals surface area contributed by atoms with Crippen molar-refractivity contribution in [1.29, 1.82) is 0 Å². The molecule has 1 heterocycles. The Morgan fingerprint density at radius 2 is 1.63 bits per heavy atom. The topological polar surface area (TPSA) is 131 Å². The van der Waals surface area contributed by atoms with E-state index in [1.165, 1.54) is 48.0 Å². The van der Waals surface area contributed by atoms with Crippen LogP contribution in [0.15, 0.2) is 95.9 Å². The second-order valence-corrected chi connectivity index (χ2v) is 11.2. The molecule has 0 saturated heterocycles. The number of carbonyl (C=O) groups is 1. The molecule has 4 aromatic carbocycles. The zero-order chi connectivity index (χ0) is 26.9. The summed E-state index contributed by atoms with van der Waals surface area (Å²) >= 11 is 1.61. The number of non-ortho nitro benzene ring substituents is 1. The van der Waals surface area contributed by atoms with Crippen LogP contribution in [0.5, 0.6) is 0 Å². The fraction of sp³-hybridized carbons (Fsp3) is 0.0370. The summed E-state index contributed by atoms with van der Waals surface area (Å²) < 4.78 is 28.7. The average Bonchev–Trinajstić information content (AvgIpc) is 3.32. The molecule has 1 amide bonds. The highest BCUT2D eigenvalue weighted by Gasteiger charge is 2.18. The van der Waals surface area contributed by atoms with E-state index in [-0.39, 0.29) is 22.2 Å². The predicted molar refractivity (Wildman–Crippen MR) is 148 cm³/mol. The smallest absolute Gasteiger partial charge is 0.270 e. The van der Waals surface area contributed by atoms with Crippen LogP contribution < -0.4 is 10.0 Å². The van der Waals surface area contributed by atoms with Crippen molar-refractivity contribution >= 4 is 54.5 Å². The second-order valence-electron chi connectivity index (χ2n) is 8.46. The van der Waals surface area contributed by atoms with Crippen LogP contribution in [-0.4, -0.2) is 24.2 Å². The third-order valence-electron chi connectivity index (χ3n) is 5.67. The average molecular weight is 545 g/mol. The van der Waals surface area contributed by atoms with E-state index in [1.54, 1.807) is 23.5 Å². The summed E-state index contributed by atoms with van der Waals surface area (Å²) in [5, 5.41) is 14.7. The molecule has 5 aromatic rings. The van der Waals surface area contributed by atoms with Crippen LogP contribution in [0.1, 0.15) is 15.9 Å². The molecule has 0 aliphatic heterocycles. The Hall–Kier alpha value is -4.61. The molecule has 9 nitrogen and oxygen atoms in total. The third-order valence-corrected chi connectivity index (χ3v) is 8.12. The number of thiazole rings is 1. The number of nitrogens with one attached hydrogen (secondary N) is 2. The highest BCUT2D eigenvalue weighted by molar-refractivity contribution is 7.92. The first kappa shape index (κ1) is 25.1. The number of rotatable bonds is 7. The third kappa shape index (κ3) is 5.38. The molecule has 190 valence electrons. The zero-order valence-electron chi connectivity index (χ0n) is 19.9. The van der Waals surface area contributed by atoms with Gasteiger partial charge in [0, 0.05) is 34.6 Å². The fourth-order valence-corrected chi connectivity index (χ4v) is 5.89. The van der Waals surface area contributed by atoms with Crippen molar-refractivity contribution < 1.29 is 18.1 Å². The maximum atomic E-state index is 12.7. The lowest BCUT2D eigenvalue weighted by Gasteiger charge is -2.09. The molecule has 0 aliphatic rings. The summed E-state index contributed by atoms with van der Waals surface area (Å²) in [6.07, 6.45) is 0. The van der Waals surface area contributed by atoms with E-state index < -0.39 is 14.9 Å². The molecule has 0 saturated carbocycles. The Labute approximate surface area is 222 Å². The van der Waals surface area contributed by atoms with Gasteiger partial charge in [0.05, 0.1) is 20.0 Å². The molecular weight excluding hydrogens is 524 g/mol. The largest absolute Gasteiger partial charge is 0.322 e. The maximum absolute atomic E-state index is 12.7. The lowest BCUT2D eigenvalue weighted by atomic mass is 10.1. The monoisotopic (exact) mass is 544 g/mol. The van der Waals surface area contributed by atoms with Crippen molar-refractivity contribution in [3.05, 3.63) is 112 Å². The quantitative estimate of drug-likeness (QED) is 0.184. The van der Waals surface area contributed by atoms with Gasteiger partial charge in [0.25, 0.3) is 21.6 Å². The minimum atomic E-state index is -4.05. The Balaban J connectivity index is 1.25. The highest BCUT2D eigenvalue weighted by Crippen LogP contribution is 2.31. The molecule has 0 bridgehead atoms. The first-order valence-corrected chi connectivity index (χ1v) is 13.6. The second kappa shape index (κ2) is 10.0. The van der Waals surface area contributed by atoms with Gasteiger partial charge < -0.3 is 5.32 Å². The van der Waals surface area contributed by atoms with Crippen LogP contribution in [-0.2, 0) is 10.0 Å². The van der Waals surface area contributed by atoms with Crippen molar-refractivity contribution in [1.82, 2.24) is 4.98 Å². The predicted octanol–water partition coefficient (Wildman–Crippen LogP) is 6.23. The molecule has 0 unspecified atom stereocenters. The first-order valence-electron chi connectivity index (χ1n) is 11.3. The lowest BCUT2D eigenvalue weighted by molar-refractivity contribution is -0.385. The van der Waals surface area contributed by atoms with Gasteiger partial charge in [-0.05, 0) is 79.2 Å². The van der Waals surface area contributed by atoms with Crippen LogP contribution in [0.2, 0.25) is 0 Å². The van der Waals surface area contributed by atoms with Gasteiger partial charge in [0.1, 0.15) is 5.01 Å².